The predicted molar refractivity (Wildman–Crippen MR) is 96.3 cm³/mol. The van der Waals surface area contributed by atoms with Crippen LogP contribution in [0.5, 0.6) is 0 Å². The highest BCUT2D eigenvalue weighted by molar-refractivity contribution is 5.53. The molecule has 2 aromatic carbocycles. The topological polar surface area (TPSA) is 15.3 Å². The van der Waals surface area contributed by atoms with Crippen LogP contribution >= 0.6 is 0 Å². The highest BCUT2D eigenvalue weighted by Crippen LogP contribution is 2.25. The number of nitrogens with one attached hydrogen (secondary N) is 1. The number of anilines is 1. The molecule has 2 nitrogen and oxygen atoms in total. The van der Waals surface area contributed by atoms with Gasteiger partial charge in [0.25, 0.3) is 0 Å². The zero-order chi connectivity index (χ0) is 15.9. The van der Waals surface area contributed by atoms with Crippen molar-refractivity contribution in [1.29, 1.82) is 0 Å². The Kier molecular flexibility index (Phi) is 6.02. The Hall–Kier alpha value is -1.80. The van der Waals surface area contributed by atoms with Crippen LogP contribution in [-0.2, 0) is 6.54 Å². The molecule has 0 radical (unpaired) electrons. The Morgan fingerprint density at radius 2 is 1.82 bits per heavy atom. The van der Waals surface area contributed by atoms with Crippen molar-refractivity contribution >= 4 is 5.69 Å². The number of hydrogen-bond donors (Lipinski definition) is 1. The minimum absolute atomic E-state index is 0.392. The Bertz CT molecular complexity index is 578. The van der Waals surface area contributed by atoms with E-state index in [0.29, 0.717) is 6.04 Å². The van der Waals surface area contributed by atoms with Crippen LogP contribution in [0.2, 0.25) is 0 Å². The second-order valence-electron chi connectivity index (χ2n) is 6.08. The van der Waals surface area contributed by atoms with E-state index >= 15 is 0 Å². The van der Waals surface area contributed by atoms with Gasteiger partial charge in [-0.3, -0.25) is 4.90 Å². The number of rotatable bonds is 7. The largest absolute Gasteiger partial charge is 0.385 e. The Balaban J connectivity index is 2.09. The smallest absolute Gasteiger partial charge is 0.0373 e. The van der Waals surface area contributed by atoms with E-state index in [9.17, 15) is 0 Å². The van der Waals surface area contributed by atoms with Gasteiger partial charge >= 0.3 is 0 Å². The lowest BCUT2D eigenvalue weighted by Gasteiger charge is -2.26. The zero-order valence-electron chi connectivity index (χ0n) is 14.3. The van der Waals surface area contributed by atoms with Gasteiger partial charge in [-0.1, -0.05) is 49.4 Å². The second-order valence-corrected chi connectivity index (χ2v) is 6.08. The van der Waals surface area contributed by atoms with Gasteiger partial charge in [0.05, 0.1) is 0 Å². The predicted octanol–water partition coefficient (Wildman–Crippen LogP) is 5.01. The Morgan fingerprint density at radius 1 is 1.09 bits per heavy atom. The van der Waals surface area contributed by atoms with Crippen LogP contribution in [0.25, 0.3) is 0 Å². The molecule has 118 valence electrons. The van der Waals surface area contributed by atoms with Gasteiger partial charge in [0.15, 0.2) is 0 Å². The molecule has 0 amide bonds. The summed E-state index contributed by atoms with van der Waals surface area (Å²) in [5.41, 5.74) is 5.30. The second kappa shape index (κ2) is 8.00. The molecule has 2 aromatic rings. The maximum absolute atomic E-state index is 3.53. The molecule has 1 atom stereocenters. The van der Waals surface area contributed by atoms with Gasteiger partial charge in [-0.2, -0.15) is 0 Å². The van der Waals surface area contributed by atoms with Gasteiger partial charge in [-0.15, -0.1) is 0 Å². The van der Waals surface area contributed by atoms with Gasteiger partial charge in [-0.25, -0.2) is 0 Å². The molecule has 2 heteroatoms. The Morgan fingerprint density at radius 3 is 2.50 bits per heavy atom. The van der Waals surface area contributed by atoms with Crippen LogP contribution in [-0.4, -0.2) is 18.5 Å². The van der Waals surface area contributed by atoms with E-state index in [0.717, 1.165) is 19.5 Å². The highest BCUT2D eigenvalue weighted by Gasteiger charge is 2.13. The lowest BCUT2D eigenvalue weighted by Crippen LogP contribution is -2.22. The van der Waals surface area contributed by atoms with E-state index < -0.39 is 0 Å². The first-order valence-electron chi connectivity index (χ1n) is 8.20. The lowest BCUT2D eigenvalue weighted by atomic mass is 10.0. The molecule has 22 heavy (non-hydrogen) atoms. The van der Waals surface area contributed by atoms with E-state index in [1.807, 2.05) is 0 Å². The quantitative estimate of drug-likeness (QED) is 0.772. The molecule has 0 fully saturated rings. The maximum atomic E-state index is 3.53. The summed E-state index contributed by atoms with van der Waals surface area (Å²) in [6.45, 7) is 8.63. The first-order valence-corrected chi connectivity index (χ1v) is 8.20. The van der Waals surface area contributed by atoms with Crippen molar-refractivity contribution in [3.63, 3.8) is 0 Å². The molecule has 0 aliphatic rings. The van der Waals surface area contributed by atoms with Gasteiger partial charge in [0, 0.05) is 24.8 Å². The van der Waals surface area contributed by atoms with Crippen molar-refractivity contribution in [1.82, 2.24) is 4.90 Å². The molecule has 0 saturated heterocycles. The summed E-state index contributed by atoms with van der Waals surface area (Å²) in [4.78, 5) is 2.39. The first kappa shape index (κ1) is 16.6. The van der Waals surface area contributed by atoms with Crippen molar-refractivity contribution < 1.29 is 0 Å². The number of aryl methyl sites for hydroxylation is 1. The summed E-state index contributed by atoms with van der Waals surface area (Å²) >= 11 is 0. The molecule has 0 unspecified atom stereocenters. The normalized spacial score (nSPS) is 12.4. The molecule has 0 spiro atoms. The zero-order valence-corrected chi connectivity index (χ0v) is 14.3. The maximum Gasteiger partial charge on any atom is 0.0373 e. The number of benzene rings is 2. The lowest BCUT2D eigenvalue weighted by molar-refractivity contribution is 0.253. The fraction of sp³-hybridized carbons (Fsp3) is 0.400. The summed E-state index contributed by atoms with van der Waals surface area (Å²) in [7, 11) is 2.19. The molecule has 1 N–H and O–H groups in total. The van der Waals surface area contributed by atoms with Crippen molar-refractivity contribution in [3.8, 4) is 0 Å². The van der Waals surface area contributed by atoms with Gasteiger partial charge < -0.3 is 5.32 Å². The van der Waals surface area contributed by atoms with Gasteiger partial charge in [-0.05, 0) is 50.1 Å². The monoisotopic (exact) mass is 296 g/mol. The van der Waals surface area contributed by atoms with Crippen LogP contribution in [0.1, 0.15) is 43.0 Å². The molecule has 0 bridgehead atoms. The third-order valence-corrected chi connectivity index (χ3v) is 4.25. The fourth-order valence-corrected chi connectivity index (χ4v) is 2.61. The minimum Gasteiger partial charge on any atom is -0.385 e. The SMILES string of the molecule is CCCNc1cc([C@H](C)N(C)Cc2ccccc2)ccc1C. The summed E-state index contributed by atoms with van der Waals surface area (Å²) in [5.74, 6) is 0. The van der Waals surface area contributed by atoms with Crippen molar-refractivity contribution in [3.05, 3.63) is 65.2 Å². The first-order chi connectivity index (χ1) is 10.6. The van der Waals surface area contributed by atoms with Gasteiger partial charge in [0.1, 0.15) is 0 Å². The molecule has 0 aliphatic heterocycles. The van der Waals surface area contributed by atoms with Crippen molar-refractivity contribution in [2.75, 3.05) is 18.9 Å². The molecule has 0 aliphatic carbocycles. The average molecular weight is 296 g/mol. The number of nitrogens with zero attached hydrogens (tertiary/aromatic N) is 1. The molecule has 0 saturated carbocycles. The van der Waals surface area contributed by atoms with Crippen molar-refractivity contribution in [2.45, 2.75) is 39.8 Å². The summed E-state index contributed by atoms with van der Waals surface area (Å²) in [6.07, 6.45) is 1.15. The van der Waals surface area contributed by atoms with E-state index in [-0.39, 0.29) is 0 Å². The fourth-order valence-electron chi connectivity index (χ4n) is 2.61. The molecular weight excluding hydrogens is 268 g/mol. The Labute approximate surface area is 135 Å². The average Bonchev–Trinajstić information content (AvgIpc) is 2.54. The highest BCUT2D eigenvalue weighted by atomic mass is 15.1. The summed E-state index contributed by atoms with van der Waals surface area (Å²) in [6, 6.07) is 17.8. The minimum atomic E-state index is 0.392. The summed E-state index contributed by atoms with van der Waals surface area (Å²) in [5, 5.41) is 3.53. The van der Waals surface area contributed by atoms with Crippen LogP contribution in [0, 0.1) is 6.92 Å². The third kappa shape index (κ3) is 4.35. The third-order valence-electron chi connectivity index (χ3n) is 4.25. The van der Waals surface area contributed by atoms with E-state index in [2.05, 4.69) is 86.6 Å². The van der Waals surface area contributed by atoms with E-state index in [4.69, 9.17) is 0 Å². The van der Waals surface area contributed by atoms with Crippen LogP contribution < -0.4 is 5.32 Å². The van der Waals surface area contributed by atoms with E-state index in [1.54, 1.807) is 0 Å². The molecule has 2 rings (SSSR count). The van der Waals surface area contributed by atoms with E-state index in [1.165, 1.54) is 22.4 Å². The van der Waals surface area contributed by atoms with Gasteiger partial charge in [0.2, 0.25) is 0 Å². The van der Waals surface area contributed by atoms with Crippen molar-refractivity contribution in [2.24, 2.45) is 0 Å². The van der Waals surface area contributed by atoms with Crippen LogP contribution in [0.15, 0.2) is 48.5 Å². The summed E-state index contributed by atoms with van der Waals surface area (Å²) < 4.78 is 0. The standard InChI is InChI=1S/C20H28N2/c1-5-13-21-20-14-19(12-11-16(20)2)17(3)22(4)15-18-9-7-6-8-10-18/h6-12,14,17,21H,5,13,15H2,1-4H3/t17-/m0/s1. The van der Waals surface area contributed by atoms with Crippen LogP contribution in [0.4, 0.5) is 5.69 Å². The number of hydrogen-bond acceptors (Lipinski definition) is 2. The molecular formula is C20H28N2. The van der Waals surface area contributed by atoms with Crippen LogP contribution in [0.3, 0.4) is 0 Å². The molecule has 0 heterocycles. The molecule has 0 aromatic heterocycles.